The average molecular weight is 819 g/mol. The number of Topliss-reactive ketones (excluding diaryl/α,β-unsaturated/α-hetero) is 1. The Morgan fingerprint density at radius 1 is 0.533 bits per heavy atom. The van der Waals surface area contributed by atoms with Gasteiger partial charge in [-0.25, -0.2) is 0 Å². The van der Waals surface area contributed by atoms with Gasteiger partial charge in [0.05, 0.1) is 45.2 Å². The van der Waals surface area contributed by atoms with Crippen LogP contribution >= 0.6 is 0 Å². The molecule has 60 heavy (non-hydrogen) atoms. The zero-order chi connectivity index (χ0) is 43.2. The number of rotatable bonds is 18. The maximum atomic E-state index is 13.6. The van der Waals surface area contributed by atoms with E-state index in [1.165, 1.54) is 77.8 Å². The van der Waals surface area contributed by atoms with Gasteiger partial charge >= 0.3 is 0 Å². The van der Waals surface area contributed by atoms with Gasteiger partial charge in [0.25, 0.3) is 5.91 Å². The van der Waals surface area contributed by atoms with Crippen LogP contribution in [0.25, 0.3) is 43.1 Å². The number of nitrogens with one attached hydrogen (secondary N) is 3. The highest BCUT2D eigenvalue weighted by atomic mass is 16.4. The van der Waals surface area contributed by atoms with Crippen LogP contribution in [-0.4, -0.2) is 63.0 Å². The number of fused-ring (bicyclic) bond motifs is 2. The number of carboxylic acid groups (broad SMARTS) is 1. The summed E-state index contributed by atoms with van der Waals surface area (Å²) >= 11 is 0. The molecule has 1 amide bonds. The number of ketones is 1. The van der Waals surface area contributed by atoms with Gasteiger partial charge in [0.15, 0.2) is 5.78 Å². The predicted molar refractivity (Wildman–Crippen MR) is 250 cm³/mol. The molecular formula is C53H76N3O4+. The second kappa shape index (κ2) is 23.2. The molecule has 0 saturated heterocycles. The van der Waals surface area contributed by atoms with Crippen molar-refractivity contribution in [1.82, 2.24) is 5.32 Å². The lowest BCUT2D eigenvalue weighted by Gasteiger charge is -2.21. The Bertz CT molecular complexity index is 2100. The maximum absolute atomic E-state index is 13.6. The molecule has 0 radical (unpaired) electrons. The van der Waals surface area contributed by atoms with E-state index in [9.17, 15) is 19.5 Å². The number of aromatic carboxylic acids is 1. The van der Waals surface area contributed by atoms with Crippen LogP contribution in [0, 0.1) is 12.8 Å². The molecule has 2 saturated carbocycles. The van der Waals surface area contributed by atoms with Crippen LogP contribution in [-0.2, 0) is 0 Å². The highest BCUT2D eigenvalue weighted by molar-refractivity contribution is 6.37. The lowest BCUT2D eigenvalue weighted by atomic mass is 9.83. The van der Waals surface area contributed by atoms with Crippen LogP contribution in [0.1, 0.15) is 174 Å². The normalized spacial score (nSPS) is 14.7. The molecule has 2 aliphatic rings. The molecule has 5 aromatic rings. The molecule has 7 rings (SSSR count). The first-order valence-electron chi connectivity index (χ1n) is 24.0. The quantitative estimate of drug-likeness (QED) is 0.0468. The number of hydrogen-bond donors (Lipinski definition) is 3. The van der Waals surface area contributed by atoms with E-state index in [1.54, 1.807) is 21.9 Å². The molecule has 0 aromatic heterocycles. The van der Waals surface area contributed by atoms with Gasteiger partial charge in [0.1, 0.15) is 0 Å². The fraction of sp³-hybridized carbons (Fsp3) is 0.566. The van der Waals surface area contributed by atoms with E-state index in [1.807, 2.05) is 37.3 Å². The first-order chi connectivity index (χ1) is 29.1. The van der Waals surface area contributed by atoms with E-state index >= 15 is 0 Å². The van der Waals surface area contributed by atoms with Gasteiger partial charge in [-0.05, 0) is 114 Å². The van der Waals surface area contributed by atoms with Gasteiger partial charge in [0, 0.05) is 34.5 Å². The van der Waals surface area contributed by atoms with Gasteiger partial charge in [-0.2, -0.15) is 0 Å². The van der Waals surface area contributed by atoms with Gasteiger partial charge in [-0.1, -0.05) is 123 Å². The maximum Gasteiger partial charge on any atom is 0.252 e. The zero-order valence-electron chi connectivity index (χ0n) is 38.3. The second-order valence-corrected chi connectivity index (χ2v) is 17.9. The summed E-state index contributed by atoms with van der Waals surface area (Å²) in [6, 6.07) is 15.4. The summed E-state index contributed by atoms with van der Waals surface area (Å²) in [5, 5.41) is 22.4. The van der Waals surface area contributed by atoms with Gasteiger partial charge in [0.2, 0.25) is 0 Å². The van der Waals surface area contributed by atoms with Gasteiger partial charge in [-0.15, -0.1) is 0 Å². The fourth-order valence-corrected chi connectivity index (χ4v) is 10.4. The van der Waals surface area contributed by atoms with Crippen LogP contribution in [0.4, 0.5) is 0 Å². The topological polar surface area (TPSA) is 95.2 Å². The van der Waals surface area contributed by atoms with Crippen LogP contribution in [0.5, 0.6) is 0 Å². The predicted octanol–water partition coefficient (Wildman–Crippen LogP) is 9.05. The summed E-state index contributed by atoms with van der Waals surface area (Å²) in [5.74, 6) is -0.972. The first kappa shape index (κ1) is 47.0. The Labute approximate surface area is 361 Å². The van der Waals surface area contributed by atoms with Gasteiger partial charge < -0.3 is 25.0 Å². The molecule has 0 aliphatic heterocycles. The third-order valence-electron chi connectivity index (χ3n) is 13.1. The highest BCUT2D eigenvalue weighted by Crippen LogP contribution is 2.44. The Balaban J connectivity index is 0.000000284. The lowest BCUT2D eigenvalue weighted by Crippen LogP contribution is -3.11. The summed E-state index contributed by atoms with van der Waals surface area (Å²) in [5.41, 5.74) is 2.20. The molecule has 3 N–H and O–H groups in total. The lowest BCUT2D eigenvalue weighted by molar-refractivity contribution is -0.900. The summed E-state index contributed by atoms with van der Waals surface area (Å²) in [4.78, 5) is 43.0. The highest BCUT2D eigenvalue weighted by Gasteiger charge is 2.26. The minimum atomic E-state index is -1.28. The van der Waals surface area contributed by atoms with Crippen molar-refractivity contribution >= 4 is 60.7 Å². The molecule has 2 fully saturated rings. The minimum absolute atomic E-state index is 0.00289. The fourth-order valence-electron chi connectivity index (χ4n) is 10.4. The summed E-state index contributed by atoms with van der Waals surface area (Å²) < 4.78 is 0. The number of carbonyl (C=O) groups excluding carboxylic acids is 3. The Hall–Kier alpha value is -4.07. The smallest absolute Gasteiger partial charge is 0.252 e. The van der Waals surface area contributed by atoms with Crippen molar-refractivity contribution in [3.05, 3.63) is 70.8 Å². The molecule has 2 aliphatic carbocycles. The monoisotopic (exact) mass is 819 g/mol. The third-order valence-corrected chi connectivity index (χ3v) is 13.1. The number of carboxylic acids is 1. The van der Waals surface area contributed by atoms with E-state index < -0.39 is 5.97 Å². The Morgan fingerprint density at radius 2 is 0.933 bits per heavy atom. The summed E-state index contributed by atoms with van der Waals surface area (Å²) in [6.45, 7) is 23.8. The molecule has 0 atom stereocenters. The minimum Gasteiger partial charge on any atom is -0.545 e. The second-order valence-electron chi connectivity index (χ2n) is 17.9. The molecule has 0 spiro atoms. The molecule has 0 bridgehead atoms. The molecule has 326 valence electrons. The SMILES string of the molecule is CCC[NH+](CCC)CCC.CCC[NH+](CCC)CCC.Cc1ccc2c3ccc(C(=O)CC4CCCC4)c4c(C(=O)[O-])ccc(c5ccc(C(=O)NC6CCCC6)c1c52)c43. The number of aryl methyl sites for hydroxylation is 1. The zero-order valence-corrected chi connectivity index (χ0v) is 38.3. The molecule has 7 nitrogen and oxygen atoms in total. The van der Waals surface area contributed by atoms with Crippen molar-refractivity contribution in [3.8, 4) is 0 Å². The average Bonchev–Trinajstić information content (AvgIpc) is 3.96. The van der Waals surface area contributed by atoms with E-state index in [2.05, 4.69) is 52.9 Å². The Morgan fingerprint density at radius 3 is 1.38 bits per heavy atom. The number of carbonyl (C=O) groups is 3. The van der Waals surface area contributed by atoms with Crippen molar-refractivity contribution < 1.29 is 29.3 Å². The molecule has 0 unspecified atom stereocenters. The summed E-state index contributed by atoms with van der Waals surface area (Å²) in [7, 11) is 0. The van der Waals surface area contributed by atoms with E-state index in [0.717, 1.165) is 94.6 Å². The van der Waals surface area contributed by atoms with Crippen molar-refractivity contribution in [2.45, 2.75) is 151 Å². The molecular weight excluding hydrogens is 743 g/mol. The van der Waals surface area contributed by atoms with Crippen LogP contribution in [0.15, 0.2) is 48.5 Å². The van der Waals surface area contributed by atoms with Crippen LogP contribution in [0.3, 0.4) is 0 Å². The van der Waals surface area contributed by atoms with E-state index in [-0.39, 0.29) is 23.3 Å². The molecule has 7 heteroatoms. The number of quaternary nitrogens is 2. The van der Waals surface area contributed by atoms with Crippen molar-refractivity contribution in [2.75, 3.05) is 39.3 Å². The molecule has 5 aromatic carbocycles. The van der Waals surface area contributed by atoms with Crippen molar-refractivity contribution in [1.29, 1.82) is 0 Å². The van der Waals surface area contributed by atoms with Crippen LogP contribution < -0.4 is 20.2 Å². The van der Waals surface area contributed by atoms with Gasteiger partial charge in [-0.3, -0.25) is 9.59 Å². The van der Waals surface area contributed by atoms with Crippen LogP contribution in [0.2, 0.25) is 0 Å². The largest absolute Gasteiger partial charge is 0.545 e. The standard InChI is InChI=1S/C35H33NO4.2C9H21N/c1-19-10-11-22-24-12-15-26(29(37)18-20-6-2-3-7-20)33-28(35(39)40)17-14-25(32(24)33)23-13-16-27(30(19)31(22)23)34(38)36-21-8-4-5-9-21;2*1-4-7-10(8-5-2)9-6-3/h10-17,20-21H,2-9,18H2,1H3,(H,36,38)(H,39,40);2*4-9H2,1-3H3/p+1. The number of amides is 1. The Kier molecular flexibility index (Phi) is 18.2. The number of hydrogen-bond acceptors (Lipinski definition) is 4. The number of benzene rings is 5. The van der Waals surface area contributed by atoms with Crippen molar-refractivity contribution in [3.63, 3.8) is 0 Å². The molecule has 0 heterocycles. The third kappa shape index (κ3) is 11.2. The van der Waals surface area contributed by atoms with E-state index in [4.69, 9.17) is 0 Å². The van der Waals surface area contributed by atoms with Crippen molar-refractivity contribution in [2.24, 2.45) is 5.92 Å². The van der Waals surface area contributed by atoms with E-state index in [0.29, 0.717) is 28.9 Å². The summed E-state index contributed by atoms with van der Waals surface area (Å²) in [6.07, 6.45) is 17.1. The first-order valence-corrected chi connectivity index (χ1v) is 24.0.